The van der Waals surface area contributed by atoms with Gasteiger partial charge < -0.3 is 19.3 Å². The van der Waals surface area contributed by atoms with Gasteiger partial charge in [0.05, 0.1) is 18.6 Å². The first-order valence-electron chi connectivity index (χ1n) is 18.7. The number of rotatable bonds is 21. The van der Waals surface area contributed by atoms with Gasteiger partial charge in [-0.15, -0.1) is 0 Å². The van der Waals surface area contributed by atoms with Crippen molar-refractivity contribution in [2.45, 2.75) is 190 Å². The molecule has 1 aromatic carbocycles. The molecule has 0 saturated heterocycles. The molecule has 0 bridgehead atoms. The minimum absolute atomic E-state index is 0.0174. The van der Waals surface area contributed by atoms with E-state index in [-0.39, 0.29) is 30.8 Å². The van der Waals surface area contributed by atoms with E-state index in [4.69, 9.17) is 14.2 Å². The van der Waals surface area contributed by atoms with Crippen molar-refractivity contribution in [3.05, 3.63) is 22.3 Å². The molecule has 0 radical (unpaired) electrons. The van der Waals surface area contributed by atoms with Gasteiger partial charge in [-0.25, -0.2) is 0 Å². The van der Waals surface area contributed by atoms with Gasteiger partial charge in [0.1, 0.15) is 22.7 Å². The van der Waals surface area contributed by atoms with Gasteiger partial charge in [0.2, 0.25) is 0 Å². The molecule has 0 fully saturated rings. The van der Waals surface area contributed by atoms with Crippen molar-refractivity contribution < 1.29 is 28.9 Å². The molecular formula is C41H70O6. The molecule has 1 aromatic rings. The average molecular weight is 659 g/mol. The normalized spacial score (nSPS) is 18.1. The van der Waals surface area contributed by atoms with Gasteiger partial charge in [0.15, 0.2) is 5.78 Å². The zero-order valence-electron chi connectivity index (χ0n) is 32.3. The molecule has 270 valence electrons. The monoisotopic (exact) mass is 659 g/mol. The Morgan fingerprint density at radius 3 is 2.00 bits per heavy atom. The van der Waals surface area contributed by atoms with E-state index in [2.05, 4.69) is 41.5 Å². The number of hydrogen-bond donors (Lipinski definition) is 1. The average Bonchev–Trinajstić information content (AvgIpc) is 2.95. The topological polar surface area (TPSA) is 82.1 Å². The van der Waals surface area contributed by atoms with E-state index in [1.807, 2.05) is 13.8 Å². The molecule has 0 saturated carbocycles. The fourth-order valence-electron chi connectivity index (χ4n) is 6.73. The minimum atomic E-state index is -1.03. The summed E-state index contributed by atoms with van der Waals surface area (Å²) in [5.41, 5.74) is 1.92. The van der Waals surface area contributed by atoms with Crippen LogP contribution in [-0.4, -0.2) is 40.3 Å². The maximum atomic E-state index is 12.9. The summed E-state index contributed by atoms with van der Waals surface area (Å²) in [4.78, 5) is 25.8. The Hall–Kier alpha value is -1.92. The third-order valence-electron chi connectivity index (χ3n) is 10.5. The zero-order valence-corrected chi connectivity index (χ0v) is 32.3. The van der Waals surface area contributed by atoms with Crippen LogP contribution in [0.1, 0.15) is 168 Å². The molecular weight excluding hydrogens is 588 g/mol. The van der Waals surface area contributed by atoms with E-state index in [1.165, 1.54) is 51.4 Å². The molecule has 3 atom stereocenters. The molecule has 0 unspecified atom stereocenters. The largest absolute Gasteiger partial charge is 0.487 e. The van der Waals surface area contributed by atoms with Crippen molar-refractivity contribution in [3.8, 4) is 11.5 Å². The Bertz CT molecular complexity index is 1160. The van der Waals surface area contributed by atoms with Gasteiger partial charge in [-0.2, -0.15) is 0 Å². The molecule has 1 aliphatic rings. The SMILES string of the molecule is Cc1c(C)c2c(c(C)c1OC(=O)CCC(=O)C(C)(C)OCCC(C)(C)O)CC[C@@](C)(CCC[C@H](C)CCC[C@H](C)CCCC(C)C)O2. The second kappa shape index (κ2) is 18.2. The highest BCUT2D eigenvalue weighted by Gasteiger charge is 2.35. The minimum Gasteiger partial charge on any atom is -0.487 e. The van der Waals surface area contributed by atoms with Gasteiger partial charge in [0, 0.05) is 12.0 Å². The molecule has 47 heavy (non-hydrogen) atoms. The van der Waals surface area contributed by atoms with Crippen LogP contribution in [0.25, 0.3) is 0 Å². The van der Waals surface area contributed by atoms with Gasteiger partial charge in [-0.05, 0) is 122 Å². The van der Waals surface area contributed by atoms with Gasteiger partial charge in [0.25, 0.3) is 0 Å². The Balaban J connectivity index is 1.89. The number of ether oxygens (including phenoxy) is 3. The van der Waals surface area contributed by atoms with E-state index in [1.54, 1.807) is 27.7 Å². The number of esters is 1. The number of Topliss-reactive ketones (excluding diaryl/α,β-unsaturated/α-hetero) is 1. The third-order valence-corrected chi connectivity index (χ3v) is 10.5. The lowest BCUT2D eigenvalue weighted by molar-refractivity contribution is -0.145. The quantitative estimate of drug-likeness (QED) is 0.105. The Morgan fingerprint density at radius 1 is 0.851 bits per heavy atom. The zero-order chi connectivity index (χ0) is 35.6. The molecule has 2 rings (SSSR count). The van der Waals surface area contributed by atoms with Crippen molar-refractivity contribution in [1.29, 1.82) is 0 Å². The second-order valence-corrected chi connectivity index (χ2v) is 16.7. The van der Waals surface area contributed by atoms with Crippen LogP contribution in [0.15, 0.2) is 0 Å². The molecule has 0 aliphatic carbocycles. The maximum Gasteiger partial charge on any atom is 0.311 e. The maximum absolute atomic E-state index is 12.9. The summed E-state index contributed by atoms with van der Waals surface area (Å²) < 4.78 is 18.4. The van der Waals surface area contributed by atoms with Crippen molar-refractivity contribution in [2.75, 3.05) is 6.61 Å². The van der Waals surface area contributed by atoms with Crippen LogP contribution in [0.2, 0.25) is 0 Å². The van der Waals surface area contributed by atoms with E-state index < -0.39 is 17.2 Å². The first-order chi connectivity index (χ1) is 21.7. The van der Waals surface area contributed by atoms with E-state index in [0.29, 0.717) is 12.2 Å². The Labute approximate surface area is 288 Å². The van der Waals surface area contributed by atoms with Crippen LogP contribution in [0, 0.1) is 38.5 Å². The summed E-state index contributed by atoms with van der Waals surface area (Å²) >= 11 is 0. The standard InChI is InChI=1S/C41H70O6/c1-28(2)16-13-17-29(3)18-14-19-30(4)20-15-24-41(12)25-23-34-33(7)37(31(5)32(6)38(34)47-41)46-36(43)22-21-35(42)40(10,11)45-27-26-39(8,9)44/h28-30,44H,13-27H2,1-12H3/t29-,30-,41-/m1/s1. The fraction of sp³-hybridized carbons (Fsp3) is 0.805. The smallest absolute Gasteiger partial charge is 0.311 e. The van der Waals surface area contributed by atoms with Crippen molar-refractivity contribution in [2.24, 2.45) is 17.8 Å². The lowest BCUT2D eigenvalue weighted by atomic mass is 9.83. The van der Waals surface area contributed by atoms with Gasteiger partial charge in [-0.1, -0.05) is 72.6 Å². The van der Waals surface area contributed by atoms with E-state index in [0.717, 1.165) is 65.0 Å². The number of carbonyl (C=O) groups excluding carboxylic acids is 2. The highest BCUT2D eigenvalue weighted by Crippen LogP contribution is 2.45. The Morgan fingerprint density at radius 2 is 1.43 bits per heavy atom. The summed E-state index contributed by atoms with van der Waals surface area (Å²) in [5, 5.41) is 9.92. The lowest BCUT2D eigenvalue weighted by Crippen LogP contribution is -2.37. The van der Waals surface area contributed by atoms with Crippen LogP contribution in [0.4, 0.5) is 0 Å². The number of ketones is 1. The van der Waals surface area contributed by atoms with Gasteiger partial charge >= 0.3 is 5.97 Å². The molecule has 1 heterocycles. The van der Waals surface area contributed by atoms with E-state index in [9.17, 15) is 14.7 Å². The summed E-state index contributed by atoms with van der Waals surface area (Å²) in [6, 6.07) is 0. The number of carbonyl (C=O) groups is 2. The van der Waals surface area contributed by atoms with Crippen LogP contribution in [-0.2, 0) is 20.7 Å². The van der Waals surface area contributed by atoms with E-state index >= 15 is 0 Å². The van der Waals surface area contributed by atoms with Crippen LogP contribution < -0.4 is 9.47 Å². The molecule has 0 aromatic heterocycles. The molecule has 6 heteroatoms. The molecule has 1 aliphatic heterocycles. The summed E-state index contributed by atoms with van der Waals surface area (Å²) in [5.74, 6) is 3.36. The Kier molecular flexibility index (Phi) is 16.0. The fourth-order valence-corrected chi connectivity index (χ4v) is 6.73. The number of fused-ring (bicyclic) bond motifs is 1. The number of aliphatic hydroxyl groups is 1. The number of benzene rings is 1. The van der Waals surface area contributed by atoms with Crippen LogP contribution in [0.5, 0.6) is 11.5 Å². The molecule has 0 spiro atoms. The van der Waals surface area contributed by atoms with Crippen molar-refractivity contribution in [3.63, 3.8) is 0 Å². The van der Waals surface area contributed by atoms with Crippen molar-refractivity contribution >= 4 is 11.8 Å². The summed E-state index contributed by atoms with van der Waals surface area (Å²) in [6.07, 6.45) is 13.8. The molecule has 0 amide bonds. The first kappa shape index (κ1) is 41.3. The molecule has 1 N–H and O–H groups in total. The molecule has 6 nitrogen and oxygen atoms in total. The summed E-state index contributed by atoms with van der Waals surface area (Å²) in [6.45, 7) is 24.9. The first-order valence-corrected chi connectivity index (χ1v) is 18.7. The van der Waals surface area contributed by atoms with Crippen LogP contribution >= 0.6 is 0 Å². The predicted molar refractivity (Wildman–Crippen MR) is 194 cm³/mol. The highest BCUT2D eigenvalue weighted by atomic mass is 16.5. The summed E-state index contributed by atoms with van der Waals surface area (Å²) in [7, 11) is 0. The number of hydrogen-bond acceptors (Lipinski definition) is 6. The highest BCUT2D eigenvalue weighted by molar-refractivity contribution is 5.89. The second-order valence-electron chi connectivity index (χ2n) is 16.7. The van der Waals surface area contributed by atoms with Gasteiger partial charge in [-0.3, -0.25) is 9.59 Å². The van der Waals surface area contributed by atoms with Crippen molar-refractivity contribution in [1.82, 2.24) is 0 Å². The third kappa shape index (κ3) is 13.8. The predicted octanol–water partition coefficient (Wildman–Crippen LogP) is 10.3. The lowest BCUT2D eigenvalue weighted by Gasteiger charge is -2.38. The van der Waals surface area contributed by atoms with Crippen LogP contribution in [0.3, 0.4) is 0 Å².